The first-order valence-corrected chi connectivity index (χ1v) is 4.24. The lowest BCUT2D eigenvalue weighted by Crippen LogP contribution is -2.51. The van der Waals surface area contributed by atoms with Gasteiger partial charge in [0.2, 0.25) is 0 Å². The molecule has 0 aromatic heterocycles. The van der Waals surface area contributed by atoms with E-state index in [-0.39, 0.29) is 6.54 Å². The number of carboxylic acid groups (broad SMARTS) is 1. The lowest BCUT2D eigenvalue weighted by Gasteiger charge is -2.37. The molecule has 1 rings (SSSR count). The Kier molecular flexibility index (Phi) is 3.05. The van der Waals surface area contributed by atoms with Gasteiger partial charge >= 0.3 is 5.97 Å². The third-order valence-electron chi connectivity index (χ3n) is 2.31. The number of carboxylic acids is 1. The minimum atomic E-state index is -0.730. The van der Waals surface area contributed by atoms with Crippen molar-refractivity contribution in [2.45, 2.75) is 13.0 Å². The van der Waals surface area contributed by atoms with E-state index in [0.717, 1.165) is 19.6 Å². The van der Waals surface area contributed by atoms with Crippen molar-refractivity contribution in [2.75, 3.05) is 33.2 Å². The molecule has 1 unspecified atom stereocenters. The Morgan fingerprint density at radius 3 is 2.75 bits per heavy atom. The first-order chi connectivity index (χ1) is 5.59. The van der Waals surface area contributed by atoms with Gasteiger partial charge in [-0.05, 0) is 14.0 Å². The van der Waals surface area contributed by atoms with Gasteiger partial charge in [0.1, 0.15) is 0 Å². The number of nitrogens with zero attached hydrogens (tertiary/aromatic N) is 2. The van der Waals surface area contributed by atoms with Crippen molar-refractivity contribution in [3.05, 3.63) is 0 Å². The molecule has 1 aliphatic rings. The van der Waals surface area contributed by atoms with Crippen molar-refractivity contribution in [1.29, 1.82) is 0 Å². The zero-order chi connectivity index (χ0) is 9.14. The van der Waals surface area contributed by atoms with Crippen LogP contribution in [0.25, 0.3) is 0 Å². The maximum Gasteiger partial charge on any atom is 0.317 e. The third kappa shape index (κ3) is 2.46. The molecule has 1 saturated heterocycles. The Hall–Kier alpha value is -0.610. The second-order valence-electron chi connectivity index (χ2n) is 3.48. The topological polar surface area (TPSA) is 43.8 Å². The molecule has 1 fully saturated rings. The molecule has 1 aliphatic heterocycles. The Morgan fingerprint density at radius 2 is 2.25 bits per heavy atom. The van der Waals surface area contributed by atoms with Crippen molar-refractivity contribution in [3.63, 3.8) is 0 Å². The molecule has 70 valence electrons. The van der Waals surface area contributed by atoms with E-state index in [1.54, 1.807) is 0 Å². The zero-order valence-electron chi connectivity index (χ0n) is 7.66. The molecule has 0 spiro atoms. The fourth-order valence-electron chi connectivity index (χ4n) is 1.59. The van der Waals surface area contributed by atoms with E-state index in [9.17, 15) is 4.79 Å². The summed E-state index contributed by atoms with van der Waals surface area (Å²) in [6.45, 7) is 5.04. The number of hydrogen-bond donors (Lipinski definition) is 1. The van der Waals surface area contributed by atoms with Gasteiger partial charge in [0.15, 0.2) is 0 Å². The van der Waals surface area contributed by atoms with Crippen molar-refractivity contribution in [2.24, 2.45) is 0 Å². The van der Waals surface area contributed by atoms with Crippen LogP contribution < -0.4 is 0 Å². The molecule has 1 heterocycles. The summed E-state index contributed by atoms with van der Waals surface area (Å²) in [7, 11) is 2.06. The molecule has 0 saturated carbocycles. The molecule has 0 radical (unpaired) electrons. The molecule has 0 amide bonds. The van der Waals surface area contributed by atoms with Crippen molar-refractivity contribution in [3.8, 4) is 0 Å². The standard InChI is InChI=1S/C8H16N2O2/c1-7-5-9(2)3-4-10(7)6-8(11)12/h7H,3-6H2,1-2H3,(H,11,12). The summed E-state index contributed by atoms with van der Waals surface area (Å²) in [6, 6.07) is 0.361. The smallest absolute Gasteiger partial charge is 0.317 e. The highest BCUT2D eigenvalue weighted by atomic mass is 16.4. The highest BCUT2D eigenvalue weighted by Gasteiger charge is 2.22. The number of aliphatic carboxylic acids is 1. The van der Waals surface area contributed by atoms with Gasteiger partial charge in [-0.15, -0.1) is 0 Å². The van der Waals surface area contributed by atoms with Crippen LogP contribution in [0.4, 0.5) is 0 Å². The van der Waals surface area contributed by atoms with Crippen LogP contribution >= 0.6 is 0 Å². The largest absolute Gasteiger partial charge is 0.480 e. The first kappa shape index (κ1) is 9.48. The van der Waals surface area contributed by atoms with Crippen LogP contribution in [0.5, 0.6) is 0 Å². The summed E-state index contributed by atoms with van der Waals surface area (Å²) >= 11 is 0. The zero-order valence-corrected chi connectivity index (χ0v) is 7.66. The Bertz CT molecular complexity index is 172. The highest BCUT2D eigenvalue weighted by Crippen LogP contribution is 2.06. The van der Waals surface area contributed by atoms with Crippen LogP contribution in [-0.4, -0.2) is 60.1 Å². The number of rotatable bonds is 2. The fraction of sp³-hybridized carbons (Fsp3) is 0.875. The molecule has 1 N–H and O–H groups in total. The van der Waals surface area contributed by atoms with E-state index in [0.29, 0.717) is 6.04 Å². The van der Waals surface area contributed by atoms with Crippen molar-refractivity contribution in [1.82, 2.24) is 9.80 Å². The van der Waals surface area contributed by atoms with Gasteiger partial charge in [-0.3, -0.25) is 9.69 Å². The lowest BCUT2D eigenvalue weighted by molar-refractivity contribution is -0.139. The molecule has 1 atom stereocenters. The predicted molar refractivity (Wildman–Crippen MR) is 46.2 cm³/mol. The Balaban J connectivity index is 2.39. The van der Waals surface area contributed by atoms with E-state index in [4.69, 9.17) is 5.11 Å². The molecule has 0 aliphatic carbocycles. The maximum absolute atomic E-state index is 10.4. The minimum absolute atomic E-state index is 0.176. The Morgan fingerprint density at radius 1 is 1.58 bits per heavy atom. The van der Waals surface area contributed by atoms with Crippen LogP contribution in [0.15, 0.2) is 0 Å². The summed E-state index contributed by atoms with van der Waals surface area (Å²) in [5.41, 5.74) is 0. The maximum atomic E-state index is 10.4. The van der Waals surface area contributed by atoms with E-state index in [2.05, 4.69) is 18.9 Å². The van der Waals surface area contributed by atoms with Crippen LogP contribution in [-0.2, 0) is 4.79 Å². The van der Waals surface area contributed by atoms with Gasteiger partial charge in [-0.1, -0.05) is 0 Å². The van der Waals surface area contributed by atoms with E-state index in [1.807, 2.05) is 4.90 Å². The van der Waals surface area contributed by atoms with Gasteiger partial charge in [-0.25, -0.2) is 0 Å². The second-order valence-corrected chi connectivity index (χ2v) is 3.48. The molecule has 4 heteroatoms. The molecular weight excluding hydrogens is 156 g/mol. The van der Waals surface area contributed by atoms with Gasteiger partial charge in [0, 0.05) is 25.7 Å². The van der Waals surface area contributed by atoms with Gasteiger partial charge in [0.25, 0.3) is 0 Å². The van der Waals surface area contributed by atoms with E-state index < -0.39 is 5.97 Å². The van der Waals surface area contributed by atoms with Crippen molar-refractivity contribution >= 4 is 5.97 Å². The van der Waals surface area contributed by atoms with Crippen LogP contribution in [0.2, 0.25) is 0 Å². The number of carbonyl (C=O) groups is 1. The summed E-state index contributed by atoms with van der Waals surface area (Å²) < 4.78 is 0. The third-order valence-corrected chi connectivity index (χ3v) is 2.31. The molecule has 0 bridgehead atoms. The summed E-state index contributed by atoms with van der Waals surface area (Å²) in [5.74, 6) is -0.730. The van der Waals surface area contributed by atoms with E-state index >= 15 is 0 Å². The first-order valence-electron chi connectivity index (χ1n) is 4.24. The number of likely N-dealkylation sites (N-methyl/N-ethyl adjacent to an activating group) is 1. The lowest BCUT2D eigenvalue weighted by atomic mass is 10.2. The quantitative estimate of drug-likeness (QED) is 0.621. The van der Waals surface area contributed by atoms with Gasteiger partial charge < -0.3 is 10.0 Å². The number of hydrogen-bond acceptors (Lipinski definition) is 3. The monoisotopic (exact) mass is 172 g/mol. The van der Waals surface area contributed by atoms with Crippen LogP contribution in [0.3, 0.4) is 0 Å². The number of piperazine rings is 1. The second kappa shape index (κ2) is 3.87. The molecule has 0 aromatic rings. The molecular formula is C8H16N2O2. The summed E-state index contributed by atoms with van der Waals surface area (Å²) in [4.78, 5) is 14.7. The van der Waals surface area contributed by atoms with Gasteiger partial charge in [-0.2, -0.15) is 0 Å². The highest BCUT2D eigenvalue weighted by molar-refractivity contribution is 5.69. The summed E-state index contributed by atoms with van der Waals surface area (Å²) in [6.07, 6.45) is 0. The average Bonchev–Trinajstić information content (AvgIpc) is 1.94. The SMILES string of the molecule is CC1CN(C)CCN1CC(=O)O. The molecule has 12 heavy (non-hydrogen) atoms. The average molecular weight is 172 g/mol. The minimum Gasteiger partial charge on any atom is -0.480 e. The van der Waals surface area contributed by atoms with Crippen LogP contribution in [0.1, 0.15) is 6.92 Å². The molecule has 4 nitrogen and oxygen atoms in total. The van der Waals surface area contributed by atoms with Crippen molar-refractivity contribution < 1.29 is 9.90 Å². The fourth-order valence-corrected chi connectivity index (χ4v) is 1.59. The predicted octanol–water partition coefficient (Wildman–Crippen LogP) is -0.293. The van der Waals surface area contributed by atoms with Crippen LogP contribution in [0, 0.1) is 0 Å². The summed E-state index contributed by atoms with van der Waals surface area (Å²) in [5, 5.41) is 8.59. The Labute approximate surface area is 72.8 Å². The normalized spacial score (nSPS) is 27.3. The van der Waals surface area contributed by atoms with E-state index in [1.165, 1.54) is 0 Å². The van der Waals surface area contributed by atoms with Gasteiger partial charge in [0.05, 0.1) is 6.54 Å². The molecule has 0 aromatic carbocycles.